The molecule has 0 bridgehead atoms. The van der Waals surface area contributed by atoms with Gasteiger partial charge in [0.05, 0.1) is 11.5 Å². The highest BCUT2D eigenvalue weighted by Gasteiger charge is 2.57. The number of fused-ring (bicyclic) bond motifs is 3. The zero-order valence-electron chi connectivity index (χ0n) is 17.7. The molecule has 1 N–H and O–H groups in total. The van der Waals surface area contributed by atoms with Crippen LogP contribution in [0.25, 0.3) is 11.1 Å². The Hall–Kier alpha value is -2.47. The average Bonchev–Trinajstić information content (AvgIpc) is 3.09. The van der Waals surface area contributed by atoms with Gasteiger partial charge in [-0.2, -0.15) is 0 Å². The normalized spacial score (nSPS) is 21.2. The van der Waals surface area contributed by atoms with E-state index in [9.17, 15) is 14.7 Å². The van der Waals surface area contributed by atoms with E-state index in [1.807, 2.05) is 52.0 Å². The number of carboxylic acids is 1. The predicted molar refractivity (Wildman–Crippen MR) is 119 cm³/mol. The highest BCUT2D eigenvalue weighted by molar-refractivity contribution is 8.02. The third-order valence-electron chi connectivity index (χ3n) is 6.03. The number of hydrogen-bond acceptors (Lipinski definition) is 4. The molecule has 6 heteroatoms. The molecule has 0 radical (unpaired) electrons. The predicted octanol–water partition coefficient (Wildman–Crippen LogP) is 5.34. The van der Waals surface area contributed by atoms with Gasteiger partial charge in [0.1, 0.15) is 6.04 Å². The Bertz CT molecular complexity index is 955. The van der Waals surface area contributed by atoms with Crippen LogP contribution in [-0.4, -0.2) is 44.3 Å². The number of ether oxygens (including phenoxy) is 1. The summed E-state index contributed by atoms with van der Waals surface area (Å²) in [7, 11) is 0. The molecule has 0 aromatic heterocycles. The van der Waals surface area contributed by atoms with Gasteiger partial charge in [-0.25, -0.2) is 9.59 Å². The summed E-state index contributed by atoms with van der Waals surface area (Å²) in [5, 5.41) is 9.75. The number of nitrogens with zero attached hydrogens (tertiary/aromatic N) is 1. The molecular formula is C24H27NO4S. The lowest BCUT2D eigenvalue weighted by atomic mass is 9.94. The van der Waals surface area contributed by atoms with E-state index in [-0.39, 0.29) is 12.5 Å². The SMILES string of the molecule is CC1(C)SC(C)(C)N(C(=O)OCCC2c3ccccc3-c3ccccc32)[C@@H]1C(=O)O. The minimum absolute atomic E-state index is 0.165. The Labute approximate surface area is 181 Å². The lowest BCUT2D eigenvalue weighted by Gasteiger charge is -2.32. The van der Waals surface area contributed by atoms with Crippen LogP contribution >= 0.6 is 11.8 Å². The summed E-state index contributed by atoms with van der Waals surface area (Å²) in [5.41, 5.74) is 4.95. The summed E-state index contributed by atoms with van der Waals surface area (Å²) in [6.45, 7) is 7.69. The van der Waals surface area contributed by atoms with Crippen molar-refractivity contribution in [2.75, 3.05) is 6.61 Å². The number of benzene rings is 2. The molecule has 1 amide bonds. The van der Waals surface area contributed by atoms with Gasteiger partial charge >= 0.3 is 12.1 Å². The first-order valence-corrected chi connectivity index (χ1v) is 11.0. The fourth-order valence-corrected chi connectivity index (χ4v) is 6.89. The molecule has 158 valence electrons. The zero-order valence-corrected chi connectivity index (χ0v) is 18.5. The zero-order chi connectivity index (χ0) is 21.7. The molecule has 5 nitrogen and oxygen atoms in total. The van der Waals surface area contributed by atoms with Crippen LogP contribution < -0.4 is 0 Å². The number of rotatable bonds is 4. The van der Waals surface area contributed by atoms with Crippen LogP contribution in [-0.2, 0) is 9.53 Å². The number of thioether (sulfide) groups is 1. The molecule has 4 rings (SSSR count). The van der Waals surface area contributed by atoms with E-state index >= 15 is 0 Å². The van der Waals surface area contributed by atoms with Crippen LogP contribution in [0.2, 0.25) is 0 Å². The van der Waals surface area contributed by atoms with E-state index in [0.29, 0.717) is 6.42 Å². The molecule has 2 aromatic carbocycles. The Morgan fingerprint density at radius 3 is 2.07 bits per heavy atom. The maximum absolute atomic E-state index is 13.0. The first-order valence-electron chi connectivity index (χ1n) is 10.2. The minimum atomic E-state index is -1.01. The molecule has 1 fully saturated rings. The molecule has 1 heterocycles. The van der Waals surface area contributed by atoms with Crippen LogP contribution in [0.5, 0.6) is 0 Å². The molecular weight excluding hydrogens is 398 g/mol. The van der Waals surface area contributed by atoms with E-state index in [1.54, 1.807) is 0 Å². The van der Waals surface area contributed by atoms with Gasteiger partial charge < -0.3 is 9.84 Å². The van der Waals surface area contributed by atoms with E-state index < -0.39 is 27.7 Å². The molecule has 1 saturated heterocycles. The highest BCUT2D eigenvalue weighted by atomic mass is 32.2. The summed E-state index contributed by atoms with van der Waals surface area (Å²) in [5.74, 6) is -0.841. The number of hydrogen-bond donors (Lipinski definition) is 1. The molecule has 2 aromatic rings. The number of carbonyl (C=O) groups is 2. The largest absolute Gasteiger partial charge is 0.480 e. The van der Waals surface area contributed by atoms with Gasteiger partial charge in [-0.15, -0.1) is 11.8 Å². The van der Waals surface area contributed by atoms with Crippen LogP contribution in [0.1, 0.15) is 51.2 Å². The average molecular weight is 426 g/mol. The molecule has 0 unspecified atom stereocenters. The van der Waals surface area contributed by atoms with Crippen LogP contribution in [0.4, 0.5) is 4.79 Å². The molecule has 1 aliphatic carbocycles. The maximum Gasteiger partial charge on any atom is 0.411 e. The van der Waals surface area contributed by atoms with Gasteiger partial charge in [0.2, 0.25) is 0 Å². The number of carbonyl (C=O) groups excluding carboxylic acids is 1. The van der Waals surface area contributed by atoms with Gasteiger partial charge in [0.15, 0.2) is 0 Å². The monoisotopic (exact) mass is 425 g/mol. The molecule has 0 spiro atoms. The van der Waals surface area contributed by atoms with Gasteiger partial charge in [-0.1, -0.05) is 48.5 Å². The number of amides is 1. The van der Waals surface area contributed by atoms with Gasteiger partial charge in [-0.3, -0.25) is 4.90 Å². The Balaban J connectivity index is 1.50. The number of carboxylic acid groups (broad SMARTS) is 1. The quantitative estimate of drug-likeness (QED) is 0.716. The smallest absolute Gasteiger partial charge is 0.411 e. The van der Waals surface area contributed by atoms with E-state index in [4.69, 9.17) is 4.74 Å². The summed E-state index contributed by atoms with van der Waals surface area (Å²) in [6, 6.07) is 15.7. The van der Waals surface area contributed by atoms with Crippen LogP contribution in [0.15, 0.2) is 48.5 Å². The lowest BCUT2D eigenvalue weighted by molar-refractivity contribution is -0.144. The van der Waals surface area contributed by atoms with Crippen molar-refractivity contribution in [2.24, 2.45) is 0 Å². The van der Waals surface area contributed by atoms with Gasteiger partial charge in [-0.05, 0) is 56.4 Å². The Kier molecular flexibility index (Phi) is 5.09. The third-order valence-corrected chi connectivity index (χ3v) is 7.48. The fourth-order valence-electron chi connectivity index (χ4n) is 5.01. The Morgan fingerprint density at radius 1 is 1.00 bits per heavy atom. The van der Waals surface area contributed by atoms with Crippen molar-refractivity contribution in [3.05, 3.63) is 59.7 Å². The molecule has 1 aliphatic heterocycles. The van der Waals surface area contributed by atoms with Crippen molar-refractivity contribution in [2.45, 2.75) is 55.7 Å². The van der Waals surface area contributed by atoms with Crippen molar-refractivity contribution in [1.82, 2.24) is 4.90 Å². The van der Waals surface area contributed by atoms with E-state index in [0.717, 1.165) is 0 Å². The summed E-state index contributed by atoms with van der Waals surface area (Å²) in [4.78, 5) is 25.6. The van der Waals surface area contributed by atoms with E-state index in [2.05, 4.69) is 24.3 Å². The van der Waals surface area contributed by atoms with Crippen molar-refractivity contribution < 1.29 is 19.4 Å². The van der Waals surface area contributed by atoms with Crippen LogP contribution in [0.3, 0.4) is 0 Å². The van der Waals surface area contributed by atoms with Crippen molar-refractivity contribution >= 4 is 23.8 Å². The van der Waals surface area contributed by atoms with E-state index in [1.165, 1.54) is 38.9 Å². The van der Waals surface area contributed by atoms with Crippen molar-refractivity contribution in [1.29, 1.82) is 0 Å². The summed E-state index contributed by atoms with van der Waals surface area (Å²) in [6.07, 6.45) is 0.0903. The second-order valence-corrected chi connectivity index (χ2v) is 11.1. The summed E-state index contributed by atoms with van der Waals surface area (Å²) >= 11 is 1.48. The highest BCUT2D eigenvalue weighted by Crippen LogP contribution is 2.51. The van der Waals surface area contributed by atoms with Gasteiger partial charge in [0, 0.05) is 10.7 Å². The standard InChI is InChI=1S/C24H27NO4S/c1-23(2)20(21(26)27)25(24(3,4)30-23)22(28)29-14-13-19-17-11-7-5-9-15(17)16-10-6-8-12-18(16)19/h5-12,19-20H,13-14H2,1-4H3,(H,26,27)/t20-/m1/s1. The molecule has 30 heavy (non-hydrogen) atoms. The first-order chi connectivity index (χ1) is 14.1. The Morgan fingerprint density at radius 2 is 1.53 bits per heavy atom. The van der Waals surface area contributed by atoms with Crippen LogP contribution in [0, 0.1) is 0 Å². The summed E-state index contributed by atoms with van der Waals surface area (Å²) < 4.78 is 5.04. The molecule has 2 aliphatic rings. The minimum Gasteiger partial charge on any atom is -0.480 e. The van der Waals surface area contributed by atoms with Crippen molar-refractivity contribution in [3.8, 4) is 11.1 Å². The fraction of sp³-hybridized carbons (Fsp3) is 0.417. The second kappa shape index (κ2) is 7.34. The lowest BCUT2D eigenvalue weighted by Crippen LogP contribution is -2.53. The van der Waals surface area contributed by atoms with Gasteiger partial charge in [0.25, 0.3) is 0 Å². The molecule has 0 saturated carbocycles. The van der Waals surface area contributed by atoms with Crippen molar-refractivity contribution in [3.63, 3.8) is 0 Å². The molecule has 1 atom stereocenters. The first kappa shape index (κ1) is 20.8. The second-order valence-electron chi connectivity index (χ2n) is 8.89. The number of aliphatic carboxylic acids is 1. The maximum atomic E-state index is 13.0. The third kappa shape index (κ3) is 3.37. The topological polar surface area (TPSA) is 66.8 Å².